The van der Waals surface area contributed by atoms with Crippen LogP contribution in [0.15, 0.2) is 0 Å². The number of rotatable bonds is 47. The first-order chi connectivity index (χ1) is 32.8. The van der Waals surface area contributed by atoms with Crippen molar-refractivity contribution in [3.63, 3.8) is 0 Å². The molecule has 15 heteroatoms. The number of ether oxygens (including phenoxy) is 6. The van der Waals surface area contributed by atoms with Gasteiger partial charge in [-0.3, -0.25) is 33.6 Å². The lowest BCUT2D eigenvalue weighted by Crippen LogP contribution is -2.31. The molecule has 0 spiro atoms. The molecule has 0 rings (SSSR count). The normalized spacial score (nSPS) is 11.3. The van der Waals surface area contributed by atoms with Crippen LogP contribution in [0.1, 0.15) is 233 Å². The molecule has 0 fully saturated rings. The molecule has 0 N–H and O–H groups in total. The van der Waals surface area contributed by atoms with Gasteiger partial charge in [0.2, 0.25) is 0 Å². The highest BCUT2D eigenvalue weighted by Crippen LogP contribution is 2.26. The van der Waals surface area contributed by atoms with Crippen molar-refractivity contribution in [2.75, 3.05) is 47.1 Å². The molecule has 0 aliphatic rings. The lowest BCUT2D eigenvalue weighted by atomic mass is 10.1. The summed E-state index contributed by atoms with van der Waals surface area (Å²) in [6, 6.07) is 0. The molecule has 0 unspecified atom stereocenters. The van der Waals surface area contributed by atoms with Crippen LogP contribution in [0.25, 0.3) is 0 Å². The van der Waals surface area contributed by atoms with Crippen LogP contribution in [0.2, 0.25) is 0 Å². The van der Waals surface area contributed by atoms with Gasteiger partial charge in [-0.15, -0.1) is 0 Å². The second-order valence-electron chi connectivity index (χ2n) is 18.4. The topological polar surface area (TPSA) is 178 Å². The zero-order valence-electron chi connectivity index (χ0n) is 43.6. The van der Waals surface area contributed by atoms with E-state index in [1.807, 2.05) is 19.0 Å². The first-order valence-corrected chi connectivity index (χ1v) is 27.6. The van der Waals surface area contributed by atoms with Crippen molar-refractivity contribution in [2.24, 2.45) is 0 Å². The molecular formula is C53H95NO13S. The minimum atomic E-state index is -0.952. The van der Waals surface area contributed by atoms with Crippen LogP contribution < -0.4 is 0 Å². The number of esters is 6. The average molecular weight is 986 g/mol. The van der Waals surface area contributed by atoms with Crippen molar-refractivity contribution < 1.29 is 62.0 Å². The summed E-state index contributed by atoms with van der Waals surface area (Å²) in [5.74, 6) is -2.63. The Bertz CT molecular complexity index is 1180. The molecule has 0 amide bonds. The fourth-order valence-electron chi connectivity index (χ4n) is 7.24. The number of carbonyl (C=O) groups excluding carboxylic acids is 7. The van der Waals surface area contributed by atoms with Crippen molar-refractivity contribution in [3.05, 3.63) is 0 Å². The third-order valence-corrected chi connectivity index (χ3v) is 12.6. The zero-order chi connectivity index (χ0) is 50.5. The Labute approximate surface area is 415 Å². The molecule has 68 heavy (non-hydrogen) atoms. The van der Waals surface area contributed by atoms with Crippen LogP contribution in [0, 0.1) is 0 Å². The van der Waals surface area contributed by atoms with E-state index in [1.54, 1.807) is 0 Å². The van der Waals surface area contributed by atoms with Crippen LogP contribution in [0.4, 0.5) is 0 Å². The highest BCUT2D eigenvalue weighted by molar-refractivity contribution is 8.14. The monoisotopic (exact) mass is 986 g/mol. The molecule has 0 aromatic heterocycles. The van der Waals surface area contributed by atoms with Crippen molar-refractivity contribution >= 4 is 52.7 Å². The van der Waals surface area contributed by atoms with Gasteiger partial charge in [-0.2, -0.15) is 0 Å². The van der Waals surface area contributed by atoms with Gasteiger partial charge < -0.3 is 33.3 Å². The van der Waals surface area contributed by atoms with E-state index in [1.165, 1.54) is 11.8 Å². The van der Waals surface area contributed by atoms with Gasteiger partial charge in [0.25, 0.3) is 0 Å². The van der Waals surface area contributed by atoms with E-state index in [-0.39, 0.29) is 75.3 Å². The Kier molecular flexibility index (Phi) is 44.0. The van der Waals surface area contributed by atoms with Crippen LogP contribution in [-0.4, -0.2) is 110 Å². The van der Waals surface area contributed by atoms with Crippen molar-refractivity contribution in [3.8, 4) is 0 Å². The minimum Gasteiger partial charge on any atom is -0.462 e. The summed E-state index contributed by atoms with van der Waals surface area (Å²) < 4.78 is 33.2. The molecule has 396 valence electrons. The quantitative estimate of drug-likeness (QED) is 0.0319. The van der Waals surface area contributed by atoms with Gasteiger partial charge >= 0.3 is 35.8 Å². The van der Waals surface area contributed by atoms with Crippen molar-refractivity contribution in [1.29, 1.82) is 0 Å². The molecule has 0 heterocycles. The van der Waals surface area contributed by atoms with Gasteiger partial charge in [0.05, 0.1) is 0 Å². The fourth-order valence-corrected chi connectivity index (χ4v) is 8.44. The molecule has 0 saturated carbocycles. The smallest absolute Gasteiger partial charge is 0.306 e. The predicted octanol–water partition coefficient (Wildman–Crippen LogP) is 11.7. The van der Waals surface area contributed by atoms with Gasteiger partial charge in [0.15, 0.2) is 17.3 Å². The second-order valence-corrected chi connectivity index (χ2v) is 19.8. The maximum Gasteiger partial charge on any atom is 0.306 e. The van der Waals surface area contributed by atoms with Gasteiger partial charge in [0.1, 0.15) is 26.4 Å². The van der Waals surface area contributed by atoms with E-state index in [0.717, 1.165) is 109 Å². The van der Waals surface area contributed by atoms with E-state index in [2.05, 4.69) is 27.7 Å². The maximum absolute atomic E-state index is 13.2. The molecule has 14 nitrogen and oxygen atoms in total. The molecule has 0 saturated heterocycles. The summed E-state index contributed by atoms with van der Waals surface area (Å²) in [4.78, 5) is 91.4. The Morgan fingerprint density at radius 2 is 0.662 bits per heavy atom. The van der Waals surface area contributed by atoms with Gasteiger partial charge in [-0.05, 0) is 78.4 Å². The summed E-state index contributed by atoms with van der Waals surface area (Å²) in [7, 11) is 3.90. The largest absolute Gasteiger partial charge is 0.462 e. The minimum absolute atomic E-state index is 0.0256. The first-order valence-electron chi connectivity index (χ1n) is 26.7. The molecular weight excluding hydrogens is 891 g/mol. The number of unbranched alkanes of at least 4 members (excludes halogenated alkanes) is 16. The van der Waals surface area contributed by atoms with E-state index in [4.69, 9.17) is 28.4 Å². The van der Waals surface area contributed by atoms with Crippen molar-refractivity contribution in [1.82, 2.24) is 4.90 Å². The standard InChI is InChI=1S/C53H95NO13S/c1-7-11-15-19-23-32-47(55)62-40-44(41-63-48(56)33-24-20-16-12-8-2)66-51(59)36-27-30-46(68-53(61)38-29-39-54(5)6)31-28-37-52(60)67-45(42-64-49(57)34-25-21-17-13-9-3)43-65-50(58)35-26-22-18-14-10-4/h44-46H,7-43H2,1-6H3. The number of nitrogens with zero attached hydrogens (tertiary/aromatic N) is 1. The summed E-state index contributed by atoms with van der Waals surface area (Å²) in [5, 5.41) is -0.164. The van der Waals surface area contributed by atoms with Crippen LogP contribution in [0.5, 0.6) is 0 Å². The molecule has 0 aromatic rings. The summed E-state index contributed by atoms with van der Waals surface area (Å²) in [6.45, 7) is 8.40. The Morgan fingerprint density at radius 3 is 0.956 bits per heavy atom. The van der Waals surface area contributed by atoms with E-state index >= 15 is 0 Å². The number of carbonyl (C=O) groups is 7. The van der Waals surface area contributed by atoms with Crippen LogP contribution in [0.3, 0.4) is 0 Å². The third-order valence-electron chi connectivity index (χ3n) is 11.4. The van der Waals surface area contributed by atoms with E-state index in [9.17, 15) is 33.6 Å². The summed E-state index contributed by atoms with van der Waals surface area (Å²) in [5.41, 5.74) is 0. The Morgan fingerprint density at radius 1 is 0.368 bits per heavy atom. The summed E-state index contributed by atoms with van der Waals surface area (Å²) >= 11 is 1.22. The first kappa shape index (κ1) is 64.8. The molecule has 0 aliphatic heterocycles. The lowest BCUT2D eigenvalue weighted by molar-refractivity contribution is -0.167. The molecule has 0 atom stereocenters. The Balaban J connectivity index is 5.52. The third kappa shape index (κ3) is 42.9. The predicted molar refractivity (Wildman–Crippen MR) is 269 cm³/mol. The SMILES string of the molecule is CCCCCCCC(=O)OCC(COC(=O)CCCCCCC)OC(=O)CCCC(CCCC(=O)OC(COC(=O)CCCCCCC)COC(=O)CCCCCCC)SC(=O)CCCN(C)C. The van der Waals surface area contributed by atoms with Crippen molar-refractivity contribution in [2.45, 2.75) is 251 Å². The molecule has 0 aliphatic carbocycles. The average Bonchev–Trinajstić information content (AvgIpc) is 3.30. The Hall–Kier alpha value is -3.20. The highest BCUT2D eigenvalue weighted by Gasteiger charge is 2.23. The fraction of sp³-hybridized carbons (Fsp3) is 0.868. The zero-order valence-corrected chi connectivity index (χ0v) is 44.4. The van der Waals surface area contributed by atoms with Crippen LogP contribution >= 0.6 is 11.8 Å². The van der Waals surface area contributed by atoms with E-state index < -0.39 is 48.0 Å². The van der Waals surface area contributed by atoms with Gasteiger partial charge in [-0.1, -0.05) is 142 Å². The van der Waals surface area contributed by atoms with E-state index in [0.29, 0.717) is 64.2 Å². The second kappa shape index (κ2) is 46.2. The van der Waals surface area contributed by atoms with Gasteiger partial charge in [0, 0.05) is 50.2 Å². The molecule has 0 bridgehead atoms. The number of hydrogen-bond acceptors (Lipinski definition) is 15. The highest BCUT2D eigenvalue weighted by atomic mass is 32.2. The molecule has 0 aromatic carbocycles. The van der Waals surface area contributed by atoms with Crippen LogP contribution in [-0.2, 0) is 62.0 Å². The van der Waals surface area contributed by atoms with Gasteiger partial charge in [-0.25, -0.2) is 0 Å². The number of hydrogen-bond donors (Lipinski definition) is 0. The summed E-state index contributed by atoms with van der Waals surface area (Å²) in [6.07, 6.45) is 21.6. The number of thioether (sulfide) groups is 1. The molecule has 0 radical (unpaired) electrons. The maximum atomic E-state index is 13.2. The lowest BCUT2D eigenvalue weighted by Gasteiger charge is -2.20.